The predicted molar refractivity (Wildman–Crippen MR) is 118 cm³/mol. The molecule has 0 aliphatic heterocycles. The van der Waals surface area contributed by atoms with Crippen molar-refractivity contribution in [2.24, 2.45) is 5.92 Å². The second kappa shape index (κ2) is 13.4. The summed E-state index contributed by atoms with van der Waals surface area (Å²) in [7, 11) is 0. The van der Waals surface area contributed by atoms with Gasteiger partial charge in [0.15, 0.2) is 0 Å². The monoisotopic (exact) mass is 404 g/mol. The highest BCUT2D eigenvalue weighted by Gasteiger charge is 2.34. The Morgan fingerprint density at radius 1 is 0.862 bits per heavy atom. The molecule has 1 rings (SSSR count). The fourth-order valence-electron chi connectivity index (χ4n) is 3.34. The fourth-order valence-corrected chi connectivity index (χ4v) is 3.34. The fraction of sp³-hybridized carbons (Fsp3) is 0.680. The summed E-state index contributed by atoms with van der Waals surface area (Å²) in [6, 6.07) is 9.00. The average Bonchev–Trinajstić information content (AvgIpc) is 2.67. The molecule has 0 bridgehead atoms. The number of esters is 2. The van der Waals surface area contributed by atoms with Gasteiger partial charge in [-0.1, -0.05) is 70.6 Å². The van der Waals surface area contributed by atoms with Gasteiger partial charge >= 0.3 is 11.9 Å². The van der Waals surface area contributed by atoms with Crippen LogP contribution in [0.25, 0.3) is 0 Å². The molecule has 0 saturated heterocycles. The summed E-state index contributed by atoms with van der Waals surface area (Å²) in [5.74, 6) is -1.04. The van der Waals surface area contributed by atoms with Gasteiger partial charge in [-0.15, -0.1) is 0 Å². The molecule has 0 radical (unpaired) electrons. The van der Waals surface area contributed by atoms with Crippen LogP contribution in [0.3, 0.4) is 0 Å². The van der Waals surface area contributed by atoms with Crippen LogP contribution in [-0.4, -0.2) is 23.6 Å². The molecule has 0 aliphatic rings. The number of unbranched alkanes of at least 4 members (excludes halogenated alkanes) is 5. The first-order valence-corrected chi connectivity index (χ1v) is 11.3. The van der Waals surface area contributed by atoms with Gasteiger partial charge in [0.2, 0.25) is 0 Å². The molecule has 0 spiro atoms. The third-order valence-electron chi connectivity index (χ3n) is 4.89. The van der Waals surface area contributed by atoms with Gasteiger partial charge in [0.1, 0.15) is 11.7 Å². The van der Waals surface area contributed by atoms with Crippen LogP contribution in [0.15, 0.2) is 30.3 Å². The number of carbonyl (C=O) groups excluding carboxylic acids is 2. The molecular formula is C25H40O4. The summed E-state index contributed by atoms with van der Waals surface area (Å²) in [4.78, 5) is 25.7. The summed E-state index contributed by atoms with van der Waals surface area (Å²) in [6.45, 7) is 9.93. The highest BCUT2D eigenvalue weighted by molar-refractivity contribution is 5.89. The van der Waals surface area contributed by atoms with Crippen molar-refractivity contribution in [3.05, 3.63) is 35.9 Å². The van der Waals surface area contributed by atoms with E-state index in [1.54, 1.807) is 12.1 Å². The third-order valence-corrected chi connectivity index (χ3v) is 4.89. The van der Waals surface area contributed by atoms with Crippen molar-refractivity contribution in [2.45, 2.75) is 104 Å². The van der Waals surface area contributed by atoms with Gasteiger partial charge in [-0.3, -0.25) is 4.79 Å². The second-order valence-electron chi connectivity index (χ2n) is 8.79. The van der Waals surface area contributed by atoms with Gasteiger partial charge in [0, 0.05) is 0 Å². The first-order valence-electron chi connectivity index (χ1n) is 11.3. The first-order chi connectivity index (χ1) is 13.8. The molecule has 0 heterocycles. The summed E-state index contributed by atoms with van der Waals surface area (Å²) in [5.41, 5.74) is -0.0430. The summed E-state index contributed by atoms with van der Waals surface area (Å²) in [5, 5.41) is 0. The lowest BCUT2D eigenvalue weighted by molar-refractivity contribution is -0.164. The smallest absolute Gasteiger partial charge is 0.338 e. The Balaban J connectivity index is 2.98. The zero-order valence-corrected chi connectivity index (χ0v) is 19.0. The lowest BCUT2D eigenvalue weighted by atomic mass is 9.91. The Morgan fingerprint density at radius 3 is 2.03 bits per heavy atom. The maximum absolute atomic E-state index is 13.0. The number of hydrogen-bond donors (Lipinski definition) is 0. The summed E-state index contributed by atoms with van der Waals surface area (Å²) < 4.78 is 11.6. The molecule has 0 saturated carbocycles. The molecule has 2 atom stereocenters. The van der Waals surface area contributed by atoms with Crippen molar-refractivity contribution in [1.29, 1.82) is 0 Å². The van der Waals surface area contributed by atoms with Gasteiger partial charge in [-0.25, -0.2) is 4.79 Å². The van der Waals surface area contributed by atoms with Crippen LogP contribution < -0.4 is 0 Å². The van der Waals surface area contributed by atoms with Crippen LogP contribution in [0.1, 0.15) is 103 Å². The minimum atomic E-state index is -0.559. The van der Waals surface area contributed by atoms with Crippen LogP contribution in [0.4, 0.5) is 0 Å². The number of rotatable bonds is 13. The average molecular weight is 405 g/mol. The standard InChI is InChI=1S/C25H40O4/c1-6-8-10-15-19-22(28-23(26)20-16-13-11-14-17-20)21(18-12-9-7-2)24(27)29-25(3,4)5/h11,13-14,16-17,21-22H,6-10,12,15,18-19H2,1-5H3/t21-,22+/m0/s1. The van der Waals surface area contributed by atoms with Crippen molar-refractivity contribution in [2.75, 3.05) is 0 Å². The molecule has 29 heavy (non-hydrogen) atoms. The highest BCUT2D eigenvalue weighted by Crippen LogP contribution is 2.26. The van der Waals surface area contributed by atoms with Crippen molar-refractivity contribution in [3.63, 3.8) is 0 Å². The minimum absolute atomic E-state index is 0.255. The quantitative estimate of drug-likeness (QED) is 0.270. The third kappa shape index (κ3) is 10.5. The molecule has 0 unspecified atom stereocenters. The van der Waals surface area contributed by atoms with E-state index in [0.29, 0.717) is 18.4 Å². The van der Waals surface area contributed by atoms with Crippen molar-refractivity contribution >= 4 is 11.9 Å². The molecule has 164 valence electrons. The number of benzene rings is 1. The van der Waals surface area contributed by atoms with E-state index in [1.807, 2.05) is 39.0 Å². The van der Waals surface area contributed by atoms with Gasteiger partial charge in [-0.05, 0) is 52.2 Å². The van der Waals surface area contributed by atoms with Crippen molar-refractivity contribution < 1.29 is 19.1 Å². The number of carbonyl (C=O) groups is 2. The van der Waals surface area contributed by atoms with Crippen LogP contribution in [-0.2, 0) is 14.3 Å². The molecule has 0 aromatic heterocycles. The van der Waals surface area contributed by atoms with E-state index < -0.39 is 17.6 Å². The molecular weight excluding hydrogens is 364 g/mol. The van der Waals surface area contributed by atoms with Crippen LogP contribution in [0.5, 0.6) is 0 Å². The molecule has 4 nitrogen and oxygen atoms in total. The summed E-state index contributed by atoms with van der Waals surface area (Å²) in [6.07, 6.45) is 8.27. The van der Waals surface area contributed by atoms with Gasteiger partial charge in [-0.2, -0.15) is 0 Å². The maximum atomic E-state index is 13.0. The predicted octanol–water partition coefficient (Wildman–Crippen LogP) is 6.72. The van der Waals surface area contributed by atoms with Crippen LogP contribution in [0.2, 0.25) is 0 Å². The summed E-state index contributed by atoms with van der Waals surface area (Å²) >= 11 is 0. The maximum Gasteiger partial charge on any atom is 0.338 e. The Morgan fingerprint density at radius 2 is 1.45 bits per heavy atom. The van der Waals surface area contributed by atoms with Crippen molar-refractivity contribution in [1.82, 2.24) is 0 Å². The van der Waals surface area contributed by atoms with Crippen molar-refractivity contribution in [3.8, 4) is 0 Å². The van der Waals surface area contributed by atoms with Crippen LogP contribution in [0, 0.1) is 5.92 Å². The zero-order chi connectivity index (χ0) is 21.7. The van der Waals surface area contributed by atoms with Gasteiger partial charge in [0.05, 0.1) is 11.5 Å². The zero-order valence-electron chi connectivity index (χ0n) is 19.0. The van der Waals surface area contributed by atoms with Crippen LogP contribution >= 0.6 is 0 Å². The largest absolute Gasteiger partial charge is 0.460 e. The molecule has 0 N–H and O–H groups in total. The molecule has 4 heteroatoms. The van der Waals surface area contributed by atoms with E-state index in [9.17, 15) is 9.59 Å². The van der Waals surface area contributed by atoms with E-state index in [1.165, 1.54) is 0 Å². The second-order valence-corrected chi connectivity index (χ2v) is 8.79. The van der Waals surface area contributed by atoms with Gasteiger partial charge in [0.25, 0.3) is 0 Å². The topological polar surface area (TPSA) is 52.6 Å². The normalized spacial score (nSPS) is 13.6. The highest BCUT2D eigenvalue weighted by atomic mass is 16.6. The molecule has 0 fully saturated rings. The number of hydrogen-bond acceptors (Lipinski definition) is 4. The SMILES string of the molecule is CCCCCC[C@@H](OC(=O)c1ccccc1)[C@H](CCCCC)C(=O)OC(C)(C)C. The lowest BCUT2D eigenvalue weighted by Crippen LogP contribution is -2.37. The Kier molecular flexibility index (Phi) is 11.6. The molecule has 0 amide bonds. The lowest BCUT2D eigenvalue weighted by Gasteiger charge is -2.29. The van der Waals surface area contributed by atoms with E-state index in [-0.39, 0.29) is 11.9 Å². The minimum Gasteiger partial charge on any atom is -0.460 e. The van der Waals surface area contributed by atoms with E-state index in [2.05, 4.69) is 13.8 Å². The number of ether oxygens (including phenoxy) is 2. The van der Waals surface area contributed by atoms with E-state index in [4.69, 9.17) is 9.47 Å². The molecule has 0 aliphatic carbocycles. The first kappa shape index (κ1) is 25.2. The Bertz CT molecular complexity index is 589. The molecule has 1 aromatic carbocycles. The molecule has 1 aromatic rings. The Hall–Kier alpha value is -1.84. The van der Waals surface area contributed by atoms with Gasteiger partial charge < -0.3 is 9.47 Å². The van der Waals surface area contributed by atoms with E-state index in [0.717, 1.165) is 44.9 Å². The van der Waals surface area contributed by atoms with E-state index >= 15 is 0 Å². The Labute approximate surface area is 177 Å².